The Morgan fingerprint density at radius 3 is 2.29 bits per heavy atom. The Balaban J connectivity index is 4.29. The number of nitrogens with two attached hydrogens (primary N) is 2. The Labute approximate surface area is 99.5 Å². The van der Waals surface area contributed by atoms with Gasteiger partial charge in [0.25, 0.3) is 0 Å². The van der Waals surface area contributed by atoms with Crippen LogP contribution < -0.4 is 16.8 Å². The molecule has 0 aliphatic rings. The van der Waals surface area contributed by atoms with Crippen molar-refractivity contribution in [2.45, 2.75) is 44.7 Å². The second-order valence-electron chi connectivity index (χ2n) is 3.80. The molecule has 0 aliphatic heterocycles. The van der Waals surface area contributed by atoms with Crippen LogP contribution in [0.15, 0.2) is 0 Å². The summed E-state index contributed by atoms with van der Waals surface area (Å²) in [6, 6.07) is -1.85. The number of carboxylic acid groups (broad SMARTS) is 1. The van der Waals surface area contributed by atoms with Gasteiger partial charge in [-0.1, -0.05) is 13.3 Å². The second kappa shape index (κ2) is 7.61. The standard InChI is InChI=1S/C10H19N3O4/c1-2-3-6(11)9(15)13-7(10(16)17)4-5-8(12)14/h6-7H,2-5,11H2,1H3,(H2,12,14)(H,13,15)(H,16,17)/t6-,7-/m0/s1. The van der Waals surface area contributed by atoms with Gasteiger partial charge in [0.1, 0.15) is 6.04 Å². The van der Waals surface area contributed by atoms with Gasteiger partial charge in [0, 0.05) is 6.42 Å². The SMILES string of the molecule is CCC[C@H](N)C(=O)N[C@@H](CCC(N)=O)C(=O)O. The lowest BCUT2D eigenvalue weighted by Gasteiger charge is -2.16. The average molecular weight is 245 g/mol. The molecule has 7 nitrogen and oxygen atoms in total. The number of primary amides is 1. The van der Waals surface area contributed by atoms with Crippen molar-refractivity contribution < 1.29 is 19.5 Å². The number of aliphatic carboxylic acids is 1. The number of hydrogen-bond acceptors (Lipinski definition) is 4. The van der Waals surface area contributed by atoms with E-state index in [0.29, 0.717) is 6.42 Å². The van der Waals surface area contributed by atoms with Crippen LogP contribution in [0.3, 0.4) is 0 Å². The van der Waals surface area contributed by atoms with Gasteiger partial charge in [0.2, 0.25) is 11.8 Å². The van der Waals surface area contributed by atoms with Gasteiger partial charge in [-0.2, -0.15) is 0 Å². The topological polar surface area (TPSA) is 136 Å². The van der Waals surface area contributed by atoms with E-state index in [1.54, 1.807) is 0 Å². The van der Waals surface area contributed by atoms with Gasteiger partial charge in [0.15, 0.2) is 0 Å². The van der Waals surface area contributed by atoms with Crippen molar-refractivity contribution in [3.8, 4) is 0 Å². The Morgan fingerprint density at radius 1 is 1.29 bits per heavy atom. The van der Waals surface area contributed by atoms with E-state index < -0.39 is 29.9 Å². The van der Waals surface area contributed by atoms with Gasteiger partial charge in [-0.25, -0.2) is 4.79 Å². The van der Waals surface area contributed by atoms with Crippen LogP contribution in [-0.2, 0) is 14.4 Å². The number of carboxylic acids is 1. The normalized spacial score (nSPS) is 13.8. The summed E-state index contributed by atoms with van der Waals surface area (Å²) in [5, 5.41) is 11.1. The molecule has 0 saturated heterocycles. The minimum absolute atomic E-state index is 0.0325. The molecule has 0 spiro atoms. The molecule has 0 rings (SSSR count). The Kier molecular flexibility index (Phi) is 6.88. The second-order valence-corrected chi connectivity index (χ2v) is 3.80. The van der Waals surface area contributed by atoms with Crippen LogP contribution in [0.25, 0.3) is 0 Å². The predicted molar refractivity (Wildman–Crippen MR) is 60.9 cm³/mol. The fourth-order valence-electron chi connectivity index (χ4n) is 1.26. The van der Waals surface area contributed by atoms with E-state index in [2.05, 4.69) is 5.32 Å². The molecule has 2 amide bonds. The summed E-state index contributed by atoms with van der Waals surface area (Å²) in [7, 11) is 0. The van der Waals surface area contributed by atoms with E-state index >= 15 is 0 Å². The zero-order valence-electron chi connectivity index (χ0n) is 9.81. The average Bonchev–Trinajstić information content (AvgIpc) is 2.23. The molecule has 0 aromatic rings. The summed E-state index contributed by atoms with van der Waals surface area (Å²) in [4.78, 5) is 32.8. The van der Waals surface area contributed by atoms with Crippen LogP contribution in [-0.4, -0.2) is 35.0 Å². The van der Waals surface area contributed by atoms with Crippen LogP contribution in [0, 0.1) is 0 Å². The highest BCUT2D eigenvalue weighted by Crippen LogP contribution is 2.00. The summed E-state index contributed by atoms with van der Waals surface area (Å²) in [5.41, 5.74) is 10.4. The first kappa shape index (κ1) is 15.4. The third-order valence-electron chi connectivity index (χ3n) is 2.23. The van der Waals surface area contributed by atoms with Crippen molar-refractivity contribution in [2.24, 2.45) is 11.5 Å². The third kappa shape index (κ3) is 6.52. The number of carbonyl (C=O) groups excluding carboxylic acids is 2. The molecule has 98 valence electrons. The molecule has 2 atom stereocenters. The molecular weight excluding hydrogens is 226 g/mol. The Hall–Kier alpha value is -1.63. The molecule has 0 radical (unpaired) electrons. The van der Waals surface area contributed by atoms with Crippen molar-refractivity contribution in [3.05, 3.63) is 0 Å². The monoisotopic (exact) mass is 245 g/mol. The Morgan fingerprint density at radius 2 is 1.88 bits per heavy atom. The zero-order chi connectivity index (χ0) is 13.4. The van der Waals surface area contributed by atoms with Gasteiger partial charge in [-0.15, -0.1) is 0 Å². The van der Waals surface area contributed by atoms with Crippen molar-refractivity contribution in [3.63, 3.8) is 0 Å². The fourth-order valence-corrected chi connectivity index (χ4v) is 1.26. The molecule has 0 fully saturated rings. The van der Waals surface area contributed by atoms with E-state index in [1.165, 1.54) is 0 Å². The van der Waals surface area contributed by atoms with E-state index in [1.807, 2.05) is 6.92 Å². The highest BCUT2D eigenvalue weighted by Gasteiger charge is 2.23. The summed E-state index contributed by atoms with van der Waals surface area (Å²) >= 11 is 0. The summed E-state index contributed by atoms with van der Waals surface area (Å²) in [6.07, 6.45) is 1.08. The number of hydrogen-bond donors (Lipinski definition) is 4. The van der Waals surface area contributed by atoms with Gasteiger partial charge >= 0.3 is 5.97 Å². The largest absolute Gasteiger partial charge is 0.480 e. The van der Waals surface area contributed by atoms with Crippen LogP contribution in [0.4, 0.5) is 0 Å². The lowest BCUT2D eigenvalue weighted by molar-refractivity contribution is -0.142. The van der Waals surface area contributed by atoms with Gasteiger partial charge < -0.3 is 21.9 Å². The van der Waals surface area contributed by atoms with Gasteiger partial charge in [-0.05, 0) is 12.8 Å². The molecule has 0 saturated carbocycles. The van der Waals surface area contributed by atoms with Crippen LogP contribution in [0.2, 0.25) is 0 Å². The first-order chi connectivity index (χ1) is 7.88. The maximum atomic E-state index is 11.5. The molecule has 6 N–H and O–H groups in total. The minimum atomic E-state index is -1.21. The molecule has 0 aromatic carbocycles. The molecular formula is C10H19N3O4. The van der Waals surface area contributed by atoms with E-state index in [4.69, 9.17) is 16.6 Å². The third-order valence-corrected chi connectivity index (χ3v) is 2.23. The predicted octanol–water partition coefficient (Wildman–Crippen LogP) is -1.05. The van der Waals surface area contributed by atoms with Crippen molar-refractivity contribution in [1.29, 1.82) is 0 Å². The number of rotatable bonds is 8. The summed E-state index contributed by atoms with van der Waals surface area (Å²) < 4.78 is 0. The van der Waals surface area contributed by atoms with Crippen LogP contribution in [0.5, 0.6) is 0 Å². The molecule has 17 heavy (non-hydrogen) atoms. The highest BCUT2D eigenvalue weighted by atomic mass is 16.4. The lowest BCUT2D eigenvalue weighted by Crippen LogP contribution is -2.48. The van der Waals surface area contributed by atoms with E-state index in [9.17, 15) is 14.4 Å². The van der Waals surface area contributed by atoms with Gasteiger partial charge in [0.05, 0.1) is 6.04 Å². The van der Waals surface area contributed by atoms with Crippen molar-refractivity contribution >= 4 is 17.8 Å². The zero-order valence-corrected chi connectivity index (χ0v) is 9.81. The van der Waals surface area contributed by atoms with Crippen molar-refractivity contribution in [2.75, 3.05) is 0 Å². The number of amides is 2. The minimum Gasteiger partial charge on any atom is -0.480 e. The quantitative estimate of drug-likeness (QED) is 0.432. The molecule has 0 aromatic heterocycles. The summed E-state index contributed by atoms with van der Waals surface area (Å²) in [5.74, 6) is -2.34. The highest BCUT2D eigenvalue weighted by molar-refractivity contribution is 5.87. The smallest absolute Gasteiger partial charge is 0.326 e. The molecule has 7 heteroatoms. The first-order valence-electron chi connectivity index (χ1n) is 5.45. The van der Waals surface area contributed by atoms with Gasteiger partial charge in [-0.3, -0.25) is 9.59 Å². The van der Waals surface area contributed by atoms with Crippen LogP contribution in [0.1, 0.15) is 32.6 Å². The maximum absolute atomic E-state index is 11.5. The molecule has 0 unspecified atom stereocenters. The molecule has 0 bridgehead atoms. The van der Waals surface area contributed by atoms with E-state index in [-0.39, 0.29) is 12.8 Å². The van der Waals surface area contributed by atoms with Crippen LogP contribution >= 0.6 is 0 Å². The fraction of sp³-hybridized carbons (Fsp3) is 0.700. The lowest BCUT2D eigenvalue weighted by atomic mass is 10.1. The Bertz CT molecular complexity index is 293. The molecule has 0 heterocycles. The summed E-state index contributed by atoms with van der Waals surface area (Å²) in [6.45, 7) is 1.87. The van der Waals surface area contributed by atoms with E-state index in [0.717, 1.165) is 6.42 Å². The number of carbonyl (C=O) groups is 3. The molecule has 0 aliphatic carbocycles. The number of nitrogens with one attached hydrogen (secondary N) is 1. The van der Waals surface area contributed by atoms with Crippen molar-refractivity contribution in [1.82, 2.24) is 5.32 Å². The first-order valence-corrected chi connectivity index (χ1v) is 5.45. The maximum Gasteiger partial charge on any atom is 0.326 e.